The highest BCUT2D eigenvalue weighted by molar-refractivity contribution is 6.47. The van der Waals surface area contributed by atoms with E-state index < -0.39 is 15.5 Å². The molecule has 1 aromatic rings. The Labute approximate surface area is 135 Å². The maximum absolute atomic E-state index is 11.0. The van der Waals surface area contributed by atoms with Crippen LogP contribution >= 0.6 is 23.2 Å². The van der Waals surface area contributed by atoms with E-state index in [1.54, 1.807) is 0 Å². The Bertz CT molecular complexity index is 646. The summed E-state index contributed by atoms with van der Waals surface area (Å²) >= 11 is 11.4. The third kappa shape index (κ3) is 4.68. The van der Waals surface area contributed by atoms with Crippen LogP contribution in [0.2, 0.25) is 0 Å². The molecule has 0 aliphatic carbocycles. The average Bonchev–Trinajstić information content (AvgIpc) is 2.50. The van der Waals surface area contributed by atoms with Gasteiger partial charge < -0.3 is 0 Å². The number of nitrogens with zero attached hydrogens (tertiary/aromatic N) is 3. The molecule has 0 unspecified atom stereocenters. The summed E-state index contributed by atoms with van der Waals surface area (Å²) in [5.41, 5.74) is 3.24. The van der Waals surface area contributed by atoms with Gasteiger partial charge in [-0.2, -0.15) is 5.10 Å². The average molecular weight is 347 g/mol. The van der Waals surface area contributed by atoms with E-state index >= 15 is 0 Å². The molecule has 1 N–H and O–H groups in total. The second kappa shape index (κ2) is 8.30. The van der Waals surface area contributed by atoms with Gasteiger partial charge in [-0.05, 0) is 12.5 Å². The monoisotopic (exact) mass is 346 g/mol. The van der Waals surface area contributed by atoms with E-state index in [1.807, 2.05) is 6.92 Å². The van der Waals surface area contributed by atoms with Gasteiger partial charge in [0.1, 0.15) is 5.69 Å². The Morgan fingerprint density at radius 1 is 1.36 bits per heavy atom. The fourth-order valence-electron chi connectivity index (χ4n) is 1.54. The van der Waals surface area contributed by atoms with Crippen molar-refractivity contribution in [3.63, 3.8) is 0 Å². The third-order valence-electron chi connectivity index (χ3n) is 2.56. The number of non-ortho nitro benzene ring substituents is 1. The first-order chi connectivity index (χ1) is 10.4. The van der Waals surface area contributed by atoms with Gasteiger partial charge in [-0.1, -0.05) is 36.5 Å². The summed E-state index contributed by atoms with van der Waals surface area (Å²) in [6.07, 6.45) is 1.25. The van der Waals surface area contributed by atoms with Crippen LogP contribution < -0.4 is 5.43 Å². The van der Waals surface area contributed by atoms with Crippen LogP contribution in [0.5, 0.6) is 0 Å². The van der Waals surface area contributed by atoms with E-state index in [2.05, 4.69) is 10.5 Å². The first-order valence-electron chi connectivity index (χ1n) is 6.12. The number of halogens is 2. The molecule has 0 aliphatic rings. The van der Waals surface area contributed by atoms with Gasteiger partial charge in [-0.25, -0.2) is 0 Å². The zero-order chi connectivity index (χ0) is 16.7. The molecule has 0 atom stereocenters. The Kier molecular flexibility index (Phi) is 6.74. The largest absolute Gasteiger partial charge is 0.301 e. The molecule has 0 bridgehead atoms. The van der Waals surface area contributed by atoms with E-state index in [4.69, 9.17) is 23.2 Å². The predicted molar refractivity (Wildman–Crippen MR) is 85.5 cm³/mol. The van der Waals surface area contributed by atoms with E-state index in [0.29, 0.717) is 12.1 Å². The molecule has 10 heteroatoms. The lowest BCUT2D eigenvalue weighted by molar-refractivity contribution is -0.393. The fourth-order valence-corrected chi connectivity index (χ4v) is 1.80. The van der Waals surface area contributed by atoms with Gasteiger partial charge in [0.15, 0.2) is 0 Å². The van der Waals surface area contributed by atoms with Crippen molar-refractivity contribution in [2.45, 2.75) is 19.8 Å². The van der Waals surface area contributed by atoms with E-state index in [0.717, 1.165) is 24.1 Å². The second-order valence-electron chi connectivity index (χ2n) is 4.09. The number of hydrogen-bond acceptors (Lipinski definition) is 6. The molecule has 118 valence electrons. The molecule has 1 aromatic carbocycles. The van der Waals surface area contributed by atoms with Crippen LogP contribution in [0.3, 0.4) is 0 Å². The molecule has 0 heterocycles. The zero-order valence-electron chi connectivity index (χ0n) is 11.5. The minimum Gasteiger partial charge on any atom is -0.271 e. The molecule has 0 aliphatic heterocycles. The number of rotatable bonds is 7. The zero-order valence-corrected chi connectivity index (χ0v) is 13.0. The Balaban J connectivity index is 3.16. The van der Waals surface area contributed by atoms with Crippen molar-refractivity contribution in [3.8, 4) is 0 Å². The molecule has 0 radical (unpaired) electrons. The van der Waals surface area contributed by atoms with Crippen LogP contribution in [-0.4, -0.2) is 15.6 Å². The fraction of sp³-hybridized carbons (Fsp3) is 0.250. The van der Waals surface area contributed by atoms with Crippen molar-refractivity contribution in [3.05, 3.63) is 49.0 Å². The SMILES string of the molecule is CCCC(=N\Nc1ccc([N+](=O)[O-])cc1[N+](=O)[O-])/C(Cl)=C\Cl. The molecule has 8 nitrogen and oxygen atoms in total. The van der Waals surface area contributed by atoms with Gasteiger partial charge in [0.25, 0.3) is 5.69 Å². The molecule has 0 fully saturated rings. The number of allylic oxidation sites excluding steroid dienone is 1. The summed E-state index contributed by atoms with van der Waals surface area (Å²) in [5, 5.41) is 25.8. The van der Waals surface area contributed by atoms with Crippen molar-refractivity contribution in [2.24, 2.45) is 5.10 Å². The first-order valence-corrected chi connectivity index (χ1v) is 6.93. The lowest BCUT2D eigenvalue weighted by Crippen LogP contribution is -2.04. The van der Waals surface area contributed by atoms with Crippen LogP contribution in [0.1, 0.15) is 19.8 Å². The Morgan fingerprint density at radius 2 is 2.05 bits per heavy atom. The first kappa shape index (κ1) is 17.9. The van der Waals surface area contributed by atoms with Gasteiger partial charge in [0, 0.05) is 11.6 Å². The van der Waals surface area contributed by atoms with Gasteiger partial charge in [-0.3, -0.25) is 25.7 Å². The lowest BCUT2D eigenvalue weighted by Gasteiger charge is -2.06. The highest BCUT2D eigenvalue weighted by Crippen LogP contribution is 2.29. The normalized spacial score (nSPS) is 12.1. The maximum Gasteiger partial charge on any atom is 0.301 e. The molecular formula is C12H12Cl2N4O4. The number of hydrogen-bond donors (Lipinski definition) is 1. The summed E-state index contributed by atoms with van der Waals surface area (Å²) in [4.78, 5) is 20.2. The topological polar surface area (TPSA) is 111 Å². The number of nitro groups is 2. The van der Waals surface area contributed by atoms with Crippen LogP contribution in [0.4, 0.5) is 17.1 Å². The van der Waals surface area contributed by atoms with E-state index in [9.17, 15) is 20.2 Å². The van der Waals surface area contributed by atoms with Gasteiger partial charge >= 0.3 is 5.69 Å². The molecule has 0 saturated heterocycles. The summed E-state index contributed by atoms with van der Waals surface area (Å²) in [6, 6.07) is 3.21. The van der Waals surface area contributed by atoms with Crippen molar-refractivity contribution in [2.75, 3.05) is 5.43 Å². The second-order valence-corrected chi connectivity index (χ2v) is 4.72. The molecule has 0 saturated carbocycles. The molecule has 0 aromatic heterocycles. The van der Waals surface area contributed by atoms with Crippen LogP contribution in [-0.2, 0) is 0 Å². The Hall–Kier alpha value is -2.19. The summed E-state index contributed by atoms with van der Waals surface area (Å²) in [6.45, 7) is 1.91. The van der Waals surface area contributed by atoms with E-state index in [1.165, 1.54) is 6.07 Å². The highest BCUT2D eigenvalue weighted by atomic mass is 35.5. The quantitative estimate of drug-likeness (QED) is 0.447. The van der Waals surface area contributed by atoms with Crippen LogP contribution in [0.25, 0.3) is 0 Å². The number of anilines is 1. The van der Waals surface area contributed by atoms with Crippen molar-refractivity contribution in [1.82, 2.24) is 0 Å². The number of nitrogens with one attached hydrogen (secondary N) is 1. The van der Waals surface area contributed by atoms with Crippen molar-refractivity contribution in [1.29, 1.82) is 0 Å². The molecule has 0 amide bonds. The molecule has 22 heavy (non-hydrogen) atoms. The molecule has 0 spiro atoms. The number of benzene rings is 1. The van der Waals surface area contributed by atoms with Gasteiger partial charge in [0.05, 0.1) is 26.7 Å². The van der Waals surface area contributed by atoms with Crippen LogP contribution in [0.15, 0.2) is 33.9 Å². The van der Waals surface area contributed by atoms with Crippen molar-refractivity contribution < 1.29 is 9.85 Å². The number of hydrazone groups is 1. The lowest BCUT2D eigenvalue weighted by atomic mass is 10.2. The van der Waals surface area contributed by atoms with Crippen molar-refractivity contribution >= 4 is 46.0 Å². The smallest absolute Gasteiger partial charge is 0.271 e. The standard InChI is InChI=1S/C12H12Cl2N4O4/c1-2-3-10(9(14)7-13)15-16-11-5-4-8(17(19)20)6-12(11)18(21)22/h4-7,16H,2-3H2,1H3/b9-7+,15-10+. The summed E-state index contributed by atoms with van der Waals surface area (Å²) in [5.74, 6) is 0. The van der Waals surface area contributed by atoms with Gasteiger partial charge in [0.2, 0.25) is 0 Å². The molecule has 1 rings (SSSR count). The van der Waals surface area contributed by atoms with Gasteiger partial charge in [-0.15, -0.1) is 0 Å². The Morgan fingerprint density at radius 3 is 2.55 bits per heavy atom. The van der Waals surface area contributed by atoms with E-state index in [-0.39, 0.29) is 16.4 Å². The number of nitro benzene ring substituents is 2. The molecular weight excluding hydrogens is 335 g/mol. The third-order valence-corrected chi connectivity index (χ3v) is 3.22. The minimum absolute atomic E-state index is 0.0169. The minimum atomic E-state index is -0.733. The van der Waals surface area contributed by atoms with Crippen LogP contribution in [0, 0.1) is 20.2 Å². The summed E-state index contributed by atoms with van der Waals surface area (Å²) in [7, 11) is 0. The summed E-state index contributed by atoms with van der Waals surface area (Å²) < 4.78 is 0. The maximum atomic E-state index is 11.0. The highest BCUT2D eigenvalue weighted by Gasteiger charge is 2.19. The predicted octanol–water partition coefficient (Wildman–Crippen LogP) is 4.39.